The third-order valence-corrected chi connectivity index (χ3v) is 5.89. The SMILES string of the molecule is Cc1c(C#N)c(C#N)c(C)c2c1C(c1ccccc1)CC2c1ccccc1. The Morgan fingerprint density at radius 3 is 1.37 bits per heavy atom. The van der Waals surface area contributed by atoms with Gasteiger partial charge in [0.25, 0.3) is 0 Å². The molecule has 0 heterocycles. The van der Waals surface area contributed by atoms with Gasteiger partial charge in [0.15, 0.2) is 0 Å². The minimum Gasteiger partial charge on any atom is -0.192 e. The van der Waals surface area contributed by atoms with Crippen molar-refractivity contribution in [3.63, 3.8) is 0 Å². The number of benzene rings is 3. The molecule has 1 aliphatic rings. The first-order chi connectivity index (χ1) is 13.2. The summed E-state index contributed by atoms with van der Waals surface area (Å²) < 4.78 is 0. The molecule has 0 saturated carbocycles. The quantitative estimate of drug-likeness (QED) is 0.595. The molecule has 130 valence electrons. The molecule has 0 aromatic heterocycles. The van der Waals surface area contributed by atoms with Crippen LogP contribution in [0.15, 0.2) is 60.7 Å². The highest BCUT2D eigenvalue weighted by molar-refractivity contribution is 5.66. The highest BCUT2D eigenvalue weighted by Gasteiger charge is 2.37. The zero-order valence-electron chi connectivity index (χ0n) is 15.5. The van der Waals surface area contributed by atoms with Crippen LogP contribution in [0.4, 0.5) is 0 Å². The fourth-order valence-electron chi connectivity index (χ4n) is 4.67. The zero-order chi connectivity index (χ0) is 19.0. The van der Waals surface area contributed by atoms with Crippen LogP contribution in [0.1, 0.15) is 62.8 Å². The Hall–Kier alpha value is -3.36. The third kappa shape index (κ3) is 2.62. The van der Waals surface area contributed by atoms with Crippen molar-refractivity contribution in [3.8, 4) is 12.1 Å². The van der Waals surface area contributed by atoms with Gasteiger partial charge >= 0.3 is 0 Å². The lowest BCUT2D eigenvalue weighted by atomic mass is 9.83. The van der Waals surface area contributed by atoms with Crippen molar-refractivity contribution in [2.75, 3.05) is 0 Å². The summed E-state index contributed by atoms with van der Waals surface area (Å²) in [6.45, 7) is 4.00. The molecular formula is C25H20N2. The van der Waals surface area contributed by atoms with Gasteiger partial charge in [-0.1, -0.05) is 60.7 Å². The van der Waals surface area contributed by atoms with Crippen LogP contribution in [0.5, 0.6) is 0 Å². The third-order valence-electron chi connectivity index (χ3n) is 5.89. The first-order valence-electron chi connectivity index (χ1n) is 9.24. The normalized spacial score (nSPS) is 17.8. The lowest BCUT2D eigenvalue weighted by Crippen LogP contribution is -2.06. The Morgan fingerprint density at radius 1 is 0.667 bits per heavy atom. The number of nitrogens with zero attached hydrogens (tertiary/aromatic N) is 2. The summed E-state index contributed by atoms with van der Waals surface area (Å²) in [5.74, 6) is 0.481. The van der Waals surface area contributed by atoms with Crippen molar-refractivity contribution in [2.45, 2.75) is 32.1 Å². The molecule has 0 radical (unpaired) electrons. The second kappa shape index (κ2) is 6.75. The summed E-state index contributed by atoms with van der Waals surface area (Å²) in [6.07, 6.45) is 0.963. The Balaban J connectivity index is 2.03. The average Bonchev–Trinajstić information content (AvgIpc) is 3.13. The lowest BCUT2D eigenvalue weighted by Gasteiger charge is -2.19. The van der Waals surface area contributed by atoms with Gasteiger partial charge in [-0.2, -0.15) is 10.5 Å². The minimum absolute atomic E-state index is 0.241. The van der Waals surface area contributed by atoms with E-state index in [0.717, 1.165) is 17.5 Å². The standard InChI is InChI=1S/C25H20N2/c1-16-22(14-26)23(15-27)17(2)25-21(19-11-7-4-8-12-19)13-20(24(16)25)18-9-5-3-6-10-18/h3-12,20-21H,13H2,1-2H3. The molecule has 0 aliphatic heterocycles. The van der Waals surface area contributed by atoms with E-state index in [1.165, 1.54) is 22.3 Å². The monoisotopic (exact) mass is 348 g/mol. The average molecular weight is 348 g/mol. The maximum Gasteiger partial charge on any atom is 0.101 e. The Kier molecular flexibility index (Phi) is 4.27. The molecule has 27 heavy (non-hydrogen) atoms. The van der Waals surface area contributed by atoms with Crippen LogP contribution < -0.4 is 0 Å². The number of fused-ring (bicyclic) bond motifs is 1. The summed E-state index contributed by atoms with van der Waals surface area (Å²) in [5, 5.41) is 19.4. The summed E-state index contributed by atoms with van der Waals surface area (Å²) in [5.41, 5.74) is 8.00. The molecular weight excluding hydrogens is 328 g/mol. The second-order valence-corrected chi connectivity index (χ2v) is 7.21. The van der Waals surface area contributed by atoms with Crippen LogP contribution >= 0.6 is 0 Å². The predicted molar refractivity (Wildman–Crippen MR) is 107 cm³/mol. The molecule has 2 unspecified atom stereocenters. The van der Waals surface area contributed by atoms with Crippen molar-refractivity contribution in [2.24, 2.45) is 0 Å². The van der Waals surface area contributed by atoms with Crippen LogP contribution in [0.3, 0.4) is 0 Å². The van der Waals surface area contributed by atoms with E-state index in [-0.39, 0.29) is 11.8 Å². The number of hydrogen-bond acceptors (Lipinski definition) is 2. The molecule has 2 atom stereocenters. The Morgan fingerprint density at radius 2 is 1.04 bits per heavy atom. The predicted octanol–water partition coefficient (Wildman–Crippen LogP) is 5.71. The molecule has 0 N–H and O–H groups in total. The van der Waals surface area contributed by atoms with Crippen molar-refractivity contribution >= 4 is 0 Å². The van der Waals surface area contributed by atoms with Crippen LogP contribution in [-0.4, -0.2) is 0 Å². The maximum atomic E-state index is 9.72. The largest absolute Gasteiger partial charge is 0.192 e. The van der Waals surface area contributed by atoms with Crippen LogP contribution in [0.2, 0.25) is 0 Å². The summed E-state index contributed by atoms with van der Waals surface area (Å²) in [7, 11) is 0. The summed E-state index contributed by atoms with van der Waals surface area (Å²) >= 11 is 0. The molecule has 0 saturated heterocycles. The van der Waals surface area contributed by atoms with Gasteiger partial charge in [0, 0.05) is 11.8 Å². The van der Waals surface area contributed by atoms with E-state index >= 15 is 0 Å². The number of hydrogen-bond donors (Lipinski definition) is 0. The molecule has 3 aromatic carbocycles. The summed E-state index contributed by atoms with van der Waals surface area (Å²) in [4.78, 5) is 0. The molecule has 2 nitrogen and oxygen atoms in total. The van der Waals surface area contributed by atoms with E-state index in [1.807, 2.05) is 26.0 Å². The maximum absolute atomic E-state index is 9.72. The smallest absolute Gasteiger partial charge is 0.101 e. The van der Waals surface area contributed by atoms with E-state index in [1.54, 1.807) is 0 Å². The zero-order valence-corrected chi connectivity index (χ0v) is 15.5. The van der Waals surface area contributed by atoms with E-state index in [2.05, 4.69) is 60.7 Å². The van der Waals surface area contributed by atoms with E-state index in [9.17, 15) is 10.5 Å². The second-order valence-electron chi connectivity index (χ2n) is 7.21. The first kappa shape index (κ1) is 17.1. The van der Waals surface area contributed by atoms with E-state index in [0.29, 0.717) is 11.1 Å². The fraction of sp³-hybridized carbons (Fsp3) is 0.200. The van der Waals surface area contributed by atoms with Crippen molar-refractivity contribution in [1.82, 2.24) is 0 Å². The molecule has 2 heteroatoms. The van der Waals surface area contributed by atoms with Gasteiger partial charge in [0.2, 0.25) is 0 Å². The molecule has 3 aromatic rings. The highest BCUT2D eigenvalue weighted by Crippen LogP contribution is 2.52. The van der Waals surface area contributed by atoms with Gasteiger partial charge < -0.3 is 0 Å². The number of nitriles is 2. The molecule has 4 rings (SSSR count). The molecule has 0 bridgehead atoms. The Bertz CT molecular complexity index is 995. The van der Waals surface area contributed by atoms with Gasteiger partial charge in [-0.15, -0.1) is 0 Å². The van der Waals surface area contributed by atoms with Gasteiger partial charge in [-0.3, -0.25) is 0 Å². The van der Waals surface area contributed by atoms with Crippen molar-refractivity contribution < 1.29 is 0 Å². The van der Waals surface area contributed by atoms with E-state index in [4.69, 9.17) is 0 Å². The summed E-state index contributed by atoms with van der Waals surface area (Å²) in [6, 6.07) is 25.6. The van der Waals surface area contributed by atoms with Crippen molar-refractivity contribution in [1.29, 1.82) is 10.5 Å². The van der Waals surface area contributed by atoms with Gasteiger partial charge in [-0.05, 0) is 53.6 Å². The minimum atomic E-state index is 0.241. The highest BCUT2D eigenvalue weighted by atomic mass is 14.4. The molecule has 0 fully saturated rings. The molecule has 1 aliphatic carbocycles. The van der Waals surface area contributed by atoms with E-state index < -0.39 is 0 Å². The van der Waals surface area contributed by atoms with Gasteiger partial charge in [0.1, 0.15) is 12.1 Å². The van der Waals surface area contributed by atoms with Gasteiger partial charge in [-0.25, -0.2) is 0 Å². The molecule has 0 amide bonds. The number of rotatable bonds is 2. The molecule has 0 spiro atoms. The topological polar surface area (TPSA) is 47.6 Å². The first-order valence-corrected chi connectivity index (χ1v) is 9.24. The van der Waals surface area contributed by atoms with Crippen LogP contribution in [0.25, 0.3) is 0 Å². The van der Waals surface area contributed by atoms with Crippen molar-refractivity contribution in [3.05, 3.63) is 105 Å². The fourth-order valence-corrected chi connectivity index (χ4v) is 4.67. The lowest BCUT2D eigenvalue weighted by molar-refractivity contribution is 0.713. The van der Waals surface area contributed by atoms with Crippen LogP contribution in [-0.2, 0) is 0 Å². The Labute approximate surface area is 160 Å². The van der Waals surface area contributed by atoms with Crippen LogP contribution in [0, 0.1) is 36.5 Å². The van der Waals surface area contributed by atoms with Gasteiger partial charge in [0.05, 0.1) is 11.1 Å².